The fourth-order valence-corrected chi connectivity index (χ4v) is 1.71. The van der Waals surface area contributed by atoms with Crippen LogP contribution in [0.2, 0.25) is 0 Å². The Balaban J connectivity index is 5.12. The number of hydrogen-bond acceptors (Lipinski definition) is 5. The molecular formula is C13H18O5. The summed E-state index contributed by atoms with van der Waals surface area (Å²) in [6.45, 7) is 4.96. The Bertz CT molecular complexity index is 358. The molecule has 5 heteroatoms. The van der Waals surface area contributed by atoms with E-state index < -0.39 is 29.2 Å². The van der Waals surface area contributed by atoms with Crippen LogP contribution >= 0.6 is 0 Å². The molecule has 0 rings (SSSR count). The summed E-state index contributed by atoms with van der Waals surface area (Å²) < 4.78 is 0. The Hall–Kier alpha value is -1.65. The number of Topliss-reactive ketones (excluding diaryl/α,β-unsaturated/α-hetero) is 5. The van der Waals surface area contributed by atoms with Crippen LogP contribution in [0.25, 0.3) is 0 Å². The molecule has 5 nitrogen and oxygen atoms in total. The molecule has 0 aliphatic rings. The zero-order valence-electron chi connectivity index (χ0n) is 11.1. The van der Waals surface area contributed by atoms with Crippen LogP contribution in [-0.4, -0.2) is 28.9 Å². The Labute approximate surface area is 106 Å². The van der Waals surface area contributed by atoms with E-state index in [1.54, 1.807) is 0 Å². The molecule has 0 aromatic heterocycles. The first-order valence-electron chi connectivity index (χ1n) is 5.70. The summed E-state index contributed by atoms with van der Waals surface area (Å²) in [4.78, 5) is 56.8. The lowest BCUT2D eigenvalue weighted by atomic mass is 9.82. The number of carbonyl (C=O) groups is 5. The number of hydrogen-bond donors (Lipinski definition) is 0. The predicted octanol–water partition coefficient (Wildman–Crippen LogP) is 0.924. The van der Waals surface area contributed by atoms with Gasteiger partial charge in [0, 0.05) is 12.8 Å². The van der Waals surface area contributed by atoms with Crippen molar-refractivity contribution in [1.82, 2.24) is 0 Å². The molecule has 0 amide bonds. The summed E-state index contributed by atoms with van der Waals surface area (Å²) in [7, 11) is 0. The van der Waals surface area contributed by atoms with Crippen LogP contribution < -0.4 is 0 Å². The number of carbonyl (C=O) groups excluding carboxylic acids is 5. The molecule has 0 aromatic carbocycles. The van der Waals surface area contributed by atoms with E-state index in [4.69, 9.17) is 0 Å². The van der Waals surface area contributed by atoms with Gasteiger partial charge in [0.1, 0.15) is 23.1 Å². The zero-order valence-corrected chi connectivity index (χ0v) is 11.1. The second kappa shape index (κ2) is 6.93. The molecule has 18 heavy (non-hydrogen) atoms. The Kier molecular flexibility index (Phi) is 6.30. The molecule has 0 radical (unpaired) electrons. The van der Waals surface area contributed by atoms with Gasteiger partial charge in [0.05, 0.1) is 11.8 Å². The SMILES string of the molecule is CC(=O)CC(C(C)=O)C(=O)C(CC(C)=O)C(C)=O. The predicted molar refractivity (Wildman–Crippen MR) is 63.9 cm³/mol. The molecule has 0 heterocycles. The minimum absolute atomic E-state index is 0.212. The Morgan fingerprint density at radius 1 is 0.667 bits per heavy atom. The van der Waals surface area contributed by atoms with Crippen molar-refractivity contribution in [1.29, 1.82) is 0 Å². The maximum absolute atomic E-state index is 12.1. The molecule has 100 valence electrons. The van der Waals surface area contributed by atoms with Gasteiger partial charge in [0.2, 0.25) is 0 Å². The van der Waals surface area contributed by atoms with E-state index >= 15 is 0 Å². The highest BCUT2D eigenvalue weighted by molar-refractivity contribution is 6.13. The molecule has 0 saturated carbocycles. The van der Waals surface area contributed by atoms with E-state index in [1.807, 2.05) is 0 Å². The molecule has 2 unspecified atom stereocenters. The molecule has 0 bridgehead atoms. The first kappa shape index (κ1) is 16.4. The minimum atomic E-state index is -1.12. The second-order valence-corrected chi connectivity index (χ2v) is 4.54. The molecule has 0 saturated heterocycles. The highest BCUT2D eigenvalue weighted by Gasteiger charge is 2.34. The van der Waals surface area contributed by atoms with Crippen molar-refractivity contribution in [3.05, 3.63) is 0 Å². The molecule has 0 N–H and O–H groups in total. The topological polar surface area (TPSA) is 85.3 Å². The van der Waals surface area contributed by atoms with Crippen molar-refractivity contribution in [3.63, 3.8) is 0 Å². The fourth-order valence-electron chi connectivity index (χ4n) is 1.71. The summed E-state index contributed by atoms with van der Waals surface area (Å²) in [6, 6.07) is 0. The first-order valence-corrected chi connectivity index (χ1v) is 5.70. The first-order chi connectivity index (χ1) is 8.16. The number of ketones is 5. The lowest BCUT2D eigenvalue weighted by Crippen LogP contribution is -2.34. The van der Waals surface area contributed by atoms with Crippen LogP contribution in [-0.2, 0) is 24.0 Å². The van der Waals surface area contributed by atoms with Crippen LogP contribution in [0.1, 0.15) is 40.5 Å². The van der Waals surface area contributed by atoms with Gasteiger partial charge < -0.3 is 0 Å². The molecular weight excluding hydrogens is 236 g/mol. The van der Waals surface area contributed by atoms with Gasteiger partial charge in [0.15, 0.2) is 5.78 Å². The monoisotopic (exact) mass is 254 g/mol. The maximum atomic E-state index is 12.1. The van der Waals surface area contributed by atoms with Gasteiger partial charge in [-0.05, 0) is 27.7 Å². The number of rotatable bonds is 8. The van der Waals surface area contributed by atoms with Crippen molar-refractivity contribution < 1.29 is 24.0 Å². The van der Waals surface area contributed by atoms with Gasteiger partial charge in [-0.2, -0.15) is 0 Å². The lowest BCUT2D eigenvalue weighted by molar-refractivity contribution is -0.142. The van der Waals surface area contributed by atoms with Crippen molar-refractivity contribution in [2.24, 2.45) is 11.8 Å². The van der Waals surface area contributed by atoms with Crippen LogP contribution in [0.4, 0.5) is 0 Å². The van der Waals surface area contributed by atoms with Crippen molar-refractivity contribution in [2.45, 2.75) is 40.5 Å². The lowest BCUT2D eigenvalue weighted by Gasteiger charge is -2.17. The summed E-state index contributed by atoms with van der Waals surface area (Å²) in [5.74, 6) is -4.36. The molecule has 0 aliphatic carbocycles. The normalized spacial score (nSPS) is 13.6. The van der Waals surface area contributed by atoms with Crippen LogP contribution in [0.15, 0.2) is 0 Å². The summed E-state index contributed by atoms with van der Waals surface area (Å²) >= 11 is 0. The van der Waals surface area contributed by atoms with Gasteiger partial charge in [-0.3, -0.25) is 24.0 Å². The standard InChI is InChI=1S/C13H18O5/c1-7(14)5-11(9(3)16)13(18)12(10(4)17)6-8(2)15/h11-12H,5-6H2,1-4H3. The maximum Gasteiger partial charge on any atom is 0.154 e. The average molecular weight is 254 g/mol. The van der Waals surface area contributed by atoms with Gasteiger partial charge in [0.25, 0.3) is 0 Å². The Morgan fingerprint density at radius 2 is 0.944 bits per heavy atom. The van der Waals surface area contributed by atoms with Crippen LogP contribution in [0.5, 0.6) is 0 Å². The summed E-state index contributed by atoms with van der Waals surface area (Å²) in [5, 5.41) is 0. The van der Waals surface area contributed by atoms with E-state index in [0.717, 1.165) is 0 Å². The van der Waals surface area contributed by atoms with Crippen molar-refractivity contribution >= 4 is 28.9 Å². The van der Waals surface area contributed by atoms with Crippen molar-refractivity contribution in [3.8, 4) is 0 Å². The smallest absolute Gasteiger partial charge is 0.154 e. The highest BCUT2D eigenvalue weighted by atomic mass is 16.2. The van der Waals surface area contributed by atoms with Gasteiger partial charge >= 0.3 is 0 Å². The van der Waals surface area contributed by atoms with Gasteiger partial charge in [-0.15, -0.1) is 0 Å². The largest absolute Gasteiger partial charge is 0.300 e. The molecule has 0 spiro atoms. The van der Waals surface area contributed by atoms with Crippen molar-refractivity contribution in [2.75, 3.05) is 0 Å². The van der Waals surface area contributed by atoms with Crippen LogP contribution in [0, 0.1) is 11.8 Å². The summed E-state index contributed by atoms with van der Waals surface area (Å²) in [6.07, 6.45) is -0.425. The van der Waals surface area contributed by atoms with Crippen LogP contribution in [0.3, 0.4) is 0 Å². The van der Waals surface area contributed by atoms with E-state index in [2.05, 4.69) is 0 Å². The second-order valence-electron chi connectivity index (χ2n) is 4.54. The van der Waals surface area contributed by atoms with E-state index in [9.17, 15) is 24.0 Å². The third-order valence-corrected chi connectivity index (χ3v) is 2.65. The third kappa shape index (κ3) is 5.12. The fraction of sp³-hybridized carbons (Fsp3) is 0.615. The van der Waals surface area contributed by atoms with E-state index in [-0.39, 0.29) is 24.4 Å². The molecule has 0 aliphatic heterocycles. The molecule has 0 aromatic rings. The molecule has 0 fully saturated rings. The van der Waals surface area contributed by atoms with Gasteiger partial charge in [-0.25, -0.2) is 0 Å². The van der Waals surface area contributed by atoms with E-state index in [1.165, 1.54) is 27.7 Å². The Morgan fingerprint density at radius 3 is 1.11 bits per heavy atom. The quantitative estimate of drug-likeness (QED) is 0.601. The zero-order chi connectivity index (χ0) is 14.5. The minimum Gasteiger partial charge on any atom is -0.300 e. The average Bonchev–Trinajstić information content (AvgIpc) is 2.20. The highest BCUT2D eigenvalue weighted by Crippen LogP contribution is 2.18. The molecule has 2 atom stereocenters. The van der Waals surface area contributed by atoms with Gasteiger partial charge in [-0.1, -0.05) is 0 Å². The van der Waals surface area contributed by atoms with E-state index in [0.29, 0.717) is 0 Å². The third-order valence-electron chi connectivity index (χ3n) is 2.65. The summed E-state index contributed by atoms with van der Waals surface area (Å²) in [5.41, 5.74) is 0.